The summed E-state index contributed by atoms with van der Waals surface area (Å²) in [5, 5.41) is 0. The lowest BCUT2D eigenvalue weighted by Crippen LogP contribution is -2.44. The van der Waals surface area contributed by atoms with E-state index in [2.05, 4.69) is 0 Å². The minimum atomic E-state index is -0.941. The zero-order valence-electron chi connectivity index (χ0n) is 9.87. The Kier molecular flexibility index (Phi) is 5.00. The number of ether oxygens (including phenoxy) is 2. The van der Waals surface area contributed by atoms with Crippen molar-refractivity contribution >= 4 is 0 Å². The Morgan fingerprint density at radius 2 is 2.06 bits per heavy atom. The number of nitrogens with zero attached hydrogens (tertiary/aromatic N) is 1. The molecule has 3 nitrogen and oxygen atoms in total. The molecule has 1 unspecified atom stereocenters. The molecular weight excluding hydrogens is 209 g/mol. The summed E-state index contributed by atoms with van der Waals surface area (Å²) in [7, 11) is 0. The van der Waals surface area contributed by atoms with Crippen molar-refractivity contribution in [2.24, 2.45) is 0 Å². The van der Waals surface area contributed by atoms with Crippen LogP contribution < -0.4 is 0 Å². The Labute approximate surface area is 96.9 Å². The molecule has 0 aromatic rings. The predicted octanol–water partition coefficient (Wildman–Crippen LogP) is 1.96. The third kappa shape index (κ3) is 3.68. The summed E-state index contributed by atoms with van der Waals surface area (Å²) in [6.07, 6.45) is 5.76. The summed E-state index contributed by atoms with van der Waals surface area (Å²) in [5.41, 5.74) is 0. The van der Waals surface area contributed by atoms with Crippen molar-refractivity contribution in [3.63, 3.8) is 0 Å². The van der Waals surface area contributed by atoms with E-state index in [1.807, 2.05) is 4.90 Å². The lowest BCUT2D eigenvalue weighted by atomic mass is 9.98. The Morgan fingerprint density at radius 1 is 1.25 bits per heavy atom. The third-order valence-corrected chi connectivity index (χ3v) is 3.46. The van der Waals surface area contributed by atoms with Crippen LogP contribution >= 0.6 is 0 Å². The van der Waals surface area contributed by atoms with Gasteiger partial charge in [0.25, 0.3) is 0 Å². The number of alkyl halides is 1. The molecule has 2 fully saturated rings. The van der Waals surface area contributed by atoms with Crippen LogP contribution in [-0.2, 0) is 9.47 Å². The number of hydrogen-bond acceptors (Lipinski definition) is 3. The van der Waals surface area contributed by atoms with E-state index in [0.29, 0.717) is 32.4 Å². The number of rotatable bonds is 4. The molecule has 16 heavy (non-hydrogen) atoms. The zero-order chi connectivity index (χ0) is 11.2. The van der Waals surface area contributed by atoms with E-state index in [1.54, 1.807) is 0 Å². The first-order valence-electron chi connectivity index (χ1n) is 6.44. The number of morpholine rings is 1. The van der Waals surface area contributed by atoms with Crippen LogP contribution in [0.1, 0.15) is 32.1 Å². The lowest BCUT2D eigenvalue weighted by molar-refractivity contribution is -0.0777. The quantitative estimate of drug-likeness (QED) is 0.690. The van der Waals surface area contributed by atoms with Crippen LogP contribution in [0.5, 0.6) is 0 Å². The molecule has 0 radical (unpaired) electrons. The van der Waals surface area contributed by atoms with Gasteiger partial charge in [0.2, 0.25) is 0 Å². The molecule has 1 saturated carbocycles. The summed E-state index contributed by atoms with van der Waals surface area (Å²) in [6, 6.07) is 0. The summed E-state index contributed by atoms with van der Waals surface area (Å²) >= 11 is 0. The van der Waals surface area contributed by atoms with Crippen molar-refractivity contribution in [1.29, 1.82) is 0 Å². The van der Waals surface area contributed by atoms with Gasteiger partial charge in [-0.25, -0.2) is 4.39 Å². The maximum absolute atomic E-state index is 13.4. The second kappa shape index (κ2) is 6.52. The van der Waals surface area contributed by atoms with Crippen LogP contribution in [0.2, 0.25) is 0 Å². The average molecular weight is 231 g/mol. The van der Waals surface area contributed by atoms with E-state index in [1.165, 1.54) is 32.1 Å². The Balaban J connectivity index is 1.59. The Hall–Kier alpha value is -0.190. The van der Waals surface area contributed by atoms with Crippen LogP contribution in [0.3, 0.4) is 0 Å². The second-order valence-corrected chi connectivity index (χ2v) is 4.68. The molecule has 2 rings (SSSR count). The molecule has 4 heteroatoms. The largest absolute Gasteiger partial charge is 0.377 e. The van der Waals surface area contributed by atoms with Crippen molar-refractivity contribution in [2.45, 2.75) is 44.5 Å². The van der Waals surface area contributed by atoms with E-state index in [0.717, 1.165) is 0 Å². The highest BCUT2D eigenvalue weighted by Gasteiger charge is 2.22. The Bertz CT molecular complexity index is 197. The fourth-order valence-electron chi connectivity index (χ4n) is 2.43. The van der Waals surface area contributed by atoms with Crippen molar-refractivity contribution in [1.82, 2.24) is 4.90 Å². The van der Waals surface area contributed by atoms with Gasteiger partial charge in [0, 0.05) is 13.1 Å². The minimum Gasteiger partial charge on any atom is -0.377 e. The first-order valence-corrected chi connectivity index (χ1v) is 6.44. The maximum Gasteiger partial charge on any atom is 0.177 e. The number of halogens is 1. The molecular formula is C12H22FNO2. The molecule has 0 bridgehead atoms. The highest BCUT2D eigenvalue weighted by atomic mass is 19.1. The molecule has 0 aromatic carbocycles. The second-order valence-electron chi connectivity index (χ2n) is 4.68. The molecule has 0 amide bonds. The topological polar surface area (TPSA) is 21.7 Å². The molecule has 1 saturated heterocycles. The number of hydrogen-bond donors (Lipinski definition) is 0. The van der Waals surface area contributed by atoms with Gasteiger partial charge in [0.1, 0.15) is 0 Å². The van der Waals surface area contributed by atoms with Gasteiger partial charge < -0.3 is 9.47 Å². The van der Waals surface area contributed by atoms with Crippen LogP contribution in [0, 0.1) is 0 Å². The zero-order valence-corrected chi connectivity index (χ0v) is 9.87. The van der Waals surface area contributed by atoms with Gasteiger partial charge in [0.15, 0.2) is 6.30 Å². The van der Waals surface area contributed by atoms with Crippen molar-refractivity contribution < 1.29 is 13.9 Å². The van der Waals surface area contributed by atoms with Gasteiger partial charge in [-0.1, -0.05) is 19.3 Å². The summed E-state index contributed by atoms with van der Waals surface area (Å²) < 4.78 is 24.2. The highest BCUT2D eigenvalue weighted by Crippen LogP contribution is 2.20. The molecule has 1 heterocycles. The monoisotopic (exact) mass is 231 g/mol. The van der Waals surface area contributed by atoms with Gasteiger partial charge in [-0.2, -0.15) is 0 Å². The van der Waals surface area contributed by atoms with E-state index < -0.39 is 6.30 Å². The summed E-state index contributed by atoms with van der Waals surface area (Å²) in [4.78, 5) is 1.81. The molecule has 1 atom stereocenters. The fraction of sp³-hybridized carbons (Fsp3) is 1.00. The lowest BCUT2D eigenvalue weighted by Gasteiger charge is -2.31. The van der Waals surface area contributed by atoms with Crippen molar-refractivity contribution in [2.75, 3.05) is 32.9 Å². The van der Waals surface area contributed by atoms with Gasteiger partial charge in [-0.3, -0.25) is 4.90 Å². The van der Waals surface area contributed by atoms with Crippen LogP contribution in [0.15, 0.2) is 0 Å². The van der Waals surface area contributed by atoms with Crippen LogP contribution in [0.4, 0.5) is 4.39 Å². The first-order chi connectivity index (χ1) is 7.86. The van der Waals surface area contributed by atoms with Crippen molar-refractivity contribution in [3.8, 4) is 0 Å². The van der Waals surface area contributed by atoms with E-state index in [-0.39, 0.29) is 6.61 Å². The fourth-order valence-corrected chi connectivity index (χ4v) is 2.43. The molecule has 0 spiro atoms. The molecule has 0 aromatic heterocycles. The molecule has 1 aliphatic heterocycles. The van der Waals surface area contributed by atoms with Gasteiger partial charge in [0.05, 0.1) is 25.9 Å². The van der Waals surface area contributed by atoms with Gasteiger partial charge in [-0.15, -0.1) is 0 Å². The summed E-state index contributed by atoms with van der Waals surface area (Å²) in [5.74, 6) is 0. The van der Waals surface area contributed by atoms with Gasteiger partial charge in [-0.05, 0) is 12.8 Å². The van der Waals surface area contributed by atoms with Crippen LogP contribution in [-0.4, -0.2) is 50.2 Å². The molecule has 2 aliphatic rings. The Morgan fingerprint density at radius 3 is 2.81 bits per heavy atom. The molecule has 94 valence electrons. The van der Waals surface area contributed by atoms with E-state index in [4.69, 9.17) is 9.47 Å². The predicted molar refractivity (Wildman–Crippen MR) is 60.1 cm³/mol. The first kappa shape index (κ1) is 12.3. The highest BCUT2D eigenvalue weighted by molar-refractivity contribution is 4.68. The van der Waals surface area contributed by atoms with E-state index in [9.17, 15) is 4.39 Å². The molecule has 0 N–H and O–H groups in total. The average Bonchev–Trinajstić information content (AvgIpc) is 2.33. The van der Waals surface area contributed by atoms with Gasteiger partial charge >= 0.3 is 0 Å². The minimum absolute atomic E-state index is 0.212. The third-order valence-electron chi connectivity index (χ3n) is 3.46. The summed E-state index contributed by atoms with van der Waals surface area (Å²) in [6.45, 7) is 2.90. The SMILES string of the molecule is FC1COCCN1CCOC1CCCCC1. The standard InChI is InChI=1S/C12H22FNO2/c13-12-10-15-8-6-14(12)7-9-16-11-4-2-1-3-5-11/h11-12H,1-10H2. The normalized spacial score (nSPS) is 29.4. The van der Waals surface area contributed by atoms with Crippen molar-refractivity contribution in [3.05, 3.63) is 0 Å². The van der Waals surface area contributed by atoms with E-state index >= 15 is 0 Å². The molecule has 1 aliphatic carbocycles. The smallest absolute Gasteiger partial charge is 0.177 e. The maximum atomic E-state index is 13.4. The van der Waals surface area contributed by atoms with Crippen LogP contribution in [0.25, 0.3) is 0 Å².